The van der Waals surface area contributed by atoms with E-state index in [0.29, 0.717) is 17.6 Å². The molecule has 1 N–H and O–H groups in total. The quantitative estimate of drug-likeness (QED) is 0.653. The van der Waals surface area contributed by atoms with Gasteiger partial charge in [0.05, 0.1) is 12.2 Å². The van der Waals surface area contributed by atoms with E-state index >= 15 is 0 Å². The summed E-state index contributed by atoms with van der Waals surface area (Å²) < 4.78 is 5.81. The van der Waals surface area contributed by atoms with Crippen LogP contribution in [0.5, 0.6) is 0 Å². The van der Waals surface area contributed by atoms with Crippen molar-refractivity contribution < 1.29 is 4.74 Å². The number of ether oxygens (including phenoxy) is 1. The maximum Gasteiger partial charge on any atom is 0.0704 e. The maximum atomic E-state index is 5.81. The standard InChI is InChI=1S/C15H31NO/c1-5-6-7-10-15(3,4)12-16-11-14-9-8-13(2)17-14/h13-14,16H,5-12H2,1-4H3. The van der Waals surface area contributed by atoms with E-state index in [0.717, 1.165) is 13.1 Å². The molecule has 1 aliphatic heterocycles. The van der Waals surface area contributed by atoms with Crippen LogP contribution in [0.2, 0.25) is 0 Å². The van der Waals surface area contributed by atoms with Crippen LogP contribution < -0.4 is 5.32 Å². The van der Waals surface area contributed by atoms with Gasteiger partial charge >= 0.3 is 0 Å². The van der Waals surface area contributed by atoms with E-state index in [9.17, 15) is 0 Å². The predicted molar refractivity (Wildman–Crippen MR) is 74.4 cm³/mol. The fraction of sp³-hybridized carbons (Fsp3) is 1.00. The van der Waals surface area contributed by atoms with Gasteiger partial charge in [0.15, 0.2) is 0 Å². The fourth-order valence-corrected chi connectivity index (χ4v) is 2.55. The summed E-state index contributed by atoms with van der Waals surface area (Å²) in [6.45, 7) is 11.3. The Kier molecular flexibility index (Phi) is 6.50. The second-order valence-electron chi connectivity index (χ2n) is 6.40. The molecule has 2 unspecified atom stereocenters. The number of unbranched alkanes of at least 4 members (excludes halogenated alkanes) is 2. The van der Waals surface area contributed by atoms with Crippen LogP contribution in [0.3, 0.4) is 0 Å². The van der Waals surface area contributed by atoms with Crippen molar-refractivity contribution in [1.82, 2.24) is 5.32 Å². The van der Waals surface area contributed by atoms with E-state index in [-0.39, 0.29) is 0 Å². The van der Waals surface area contributed by atoms with Gasteiger partial charge in [0, 0.05) is 13.1 Å². The molecule has 1 fully saturated rings. The van der Waals surface area contributed by atoms with Crippen LogP contribution in [0.15, 0.2) is 0 Å². The minimum Gasteiger partial charge on any atom is -0.374 e. The Labute approximate surface area is 108 Å². The Morgan fingerprint density at radius 1 is 1.24 bits per heavy atom. The van der Waals surface area contributed by atoms with Crippen molar-refractivity contribution in [2.45, 2.75) is 78.4 Å². The average molecular weight is 241 g/mol. The zero-order chi connectivity index (χ0) is 12.7. The van der Waals surface area contributed by atoms with Crippen LogP contribution in [0.4, 0.5) is 0 Å². The first kappa shape index (κ1) is 15.0. The zero-order valence-corrected chi connectivity index (χ0v) is 12.2. The number of rotatable bonds is 8. The van der Waals surface area contributed by atoms with Gasteiger partial charge in [0.1, 0.15) is 0 Å². The van der Waals surface area contributed by atoms with Gasteiger partial charge in [-0.3, -0.25) is 0 Å². The van der Waals surface area contributed by atoms with Gasteiger partial charge in [0.2, 0.25) is 0 Å². The topological polar surface area (TPSA) is 21.3 Å². The number of nitrogens with one attached hydrogen (secondary N) is 1. The molecule has 0 bridgehead atoms. The molecule has 2 atom stereocenters. The molecule has 0 amide bonds. The molecule has 17 heavy (non-hydrogen) atoms. The second kappa shape index (κ2) is 7.38. The minimum atomic E-state index is 0.430. The Morgan fingerprint density at radius 3 is 2.59 bits per heavy atom. The Hall–Kier alpha value is -0.0800. The number of hydrogen-bond donors (Lipinski definition) is 1. The summed E-state index contributed by atoms with van der Waals surface area (Å²) in [4.78, 5) is 0. The summed E-state index contributed by atoms with van der Waals surface area (Å²) >= 11 is 0. The third kappa shape index (κ3) is 6.42. The van der Waals surface area contributed by atoms with E-state index in [1.165, 1.54) is 38.5 Å². The molecule has 1 saturated heterocycles. The van der Waals surface area contributed by atoms with Crippen LogP contribution in [-0.2, 0) is 4.74 Å². The van der Waals surface area contributed by atoms with Gasteiger partial charge in [-0.25, -0.2) is 0 Å². The molecule has 0 aromatic heterocycles. The van der Waals surface area contributed by atoms with Crippen molar-refractivity contribution in [3.8, 4) is 0 Å². The van der Waals surface area contributed by atoms with E-state index in [1.54, 1.807) is 0 Å². The SMILES string of the molecule is CCCCCC(C)(C)CNCC1CCC(C)O1. The third-order valence-corrected chi connectivity index (χ3v) is 3.75. The highest BCUT2D eigenvalue weighted by atomic mass is 16.5. The third-order valence-electron chi connectivity index (χ3n) is 3.75. The lowest BCUT2D eigenvalue weighted by molar-refractivity contribution is 0.0545. The van der Waals surface area contributed by atoms with Crippen molar-refractivity contribution in [3.05, 3.63) is 0 Å². The first-order valence-electron chi connectivity index (χ1n) is 7.39. The molecule has 0 saturated carbocycles. The van der Waals surface area contributed by atoms with Crippen LogP contribution in [0.25, 0.3) is 0 Å². The Bertz CT molecular complexity index is 203. The molecule has 0 radical (unpaired) electrons. The molecular formula is C15H31NO. The second-order valence-corrected chi connectivity index (χ2v) is 6.40. The van der Waals surface area contributed by atoms with Gasteiger partial charge in [-0.1, -0.05) is 40.0 Å². The zero-order valence-electron chi connectivity index (χ0n) is 12.2. The normalized spacial score (nSPS) is 25.4. The lowest BCUT2D eigenvalue weighted by Crippen LogP contribution is -2.34. The molecule has 2 nitrogen and oxygen atoms in total. The highest BCUT2D eigenvalue weighted by Gasteiger charge is 2.22. The molecule has 0 aromatic carbocycles. The monoisotopic (exact) mass is 241 g/mol. The highest BCUT2D eigenvalue weighted by molar-refractivity contribution is 4.76. The summed E-state index contributed by atoms with van der Waals surface area (Å²) in [5, 5.41) is 3.59. The van der Waals surface area contributed by atoms with Crippen LogP contribution in [-0.4, -0.2) is 25.3 Å². The molecule has 0 aliphatic carbocycles. The molecule has 0 spiro atoms. The van der Waals surface area contributed by atoms with Gasteiger partial charge in [0.25, 0.3) is 0 Å². The minimum absolute atomic E-state index is 0.430. The van der Waals surface area contributed by atoms with Crippen molar-refractivity contribution in [1.29, 1.82) is 0 Å². The molecule has 2 heteroatoms. The van der Waals surface area contributed by atoms with E-state index in [1.807, 2.05) is 0 Å². The molecule has 102 valence electrons. The first-order valence-corrected chi connectivity index (χ1v) is 7.39. The molecule has 1 rings (SSSR count). The van der Waals surface area contributed by atoms with Gasteiger partial charge < -0.3 is 10.1 Å². The van der Waals surface area contributed by atoms with E-state index in [2.05, 4.69) is 33.0 Å². The lowest BCUT2D eigenvalue weighted by Gasteiger charge is -2.26. The molecule has 1 heterocycles. The highest BCUT2D eigenvalue weighted by Crippen LogP contribution is 2.23. The first-order chi connectivity index (χ1) is 8.03. The summed E-state index contributed by atoms with van der Waals surface area (Å²) in [5.74, 6) is 0. The molecule has 0 aromatic rings. The Balaban J connectivity index is 2.07. The summed E-state index contributed by atoms with van der Waals surface area (Å²) in [5.41, 5.74) is 0.430. The van der Waals surface area contributed by atoms with Crippen molar-refractivity contribution >= 4 is 0 Å². The van der Waals surface area contributed by atoms with Crippen molar-refractivity contribution in [2.75, 3.05) is 13.1 Å². The summed E-state index contributed by atoms with van der Waals surface area (Å²) in [6, 6.07) is 0. The molecular weight excluding hydrogens is 210 g/mol. The summed E-state index contributed by atoms with van der Waals surface area (Å²) in [7, 11) is 0. The Morgan fingerprint density at radius 2 is 2.00 bits per heavy atom. The summed E-state index contributed by atoms with van der Waals surface area (Å²) in [6.07, 6.45) is 8.76. The van der Waals surface area contributed by atoms with Crippen molar-refractivity contribution in [3.63, 3.8) is 0 Å². The van der Waals surface area contributed by atoms with E-state index in [4.69, 9.17) is 4.74 Å². The van der Waals surface area contributed by atoms with Crippen molar-refractivity contribution in [2.24, 2.45) is 5.41 Å². The maximum absolute atomic E-state index is 5.81. The van der Waals surface area contributed by atoms with Crippen LogP contribution in [0.1, 0.15) is 66.2 Å². The predicted octanol–water partition coefficient (Wildman–Crippen LogP) is 3.75. The van der Waals surface area contributed by atoms with Crippen LogP contribution in [0, 0.1) is 5.41 Å². The molecule has 1 aliphatic rings. The average Bonchev–Trinajstić information content (AvgIpc) is 2.64. The van der Waals surface area contributed by atoms with Gasteiger partial charge in [-0.05, 0) is 31.6 Å². The van der Waals surface area contributed by atoms with E-state index < -0.39 is 0 Å². The van der Waals surface area contributed by atoms with Gasteiger partial charge in [-0.15, -0.1) is 0 Å². The smallest absolute Gasteiger partial charge is 0.0704 e. The largest absolute Gasteiger partial charge is 0.374 e. The van der Waals surface area contributed by atoms with Crippen LogP contribution >= 0.6 is 0 Å². The lowest BCUT2D eigenvalue weighted by atomic mass is 9.87. The van der Waals surface area contributed by atoms with Gasteiger partial charge in [-0.2, -0.15) is 0 Å². The fourth-order valence-electron chi connectivity index (χ4n) is 2.55. The number of hydrogen-bond acceptors (Lipinski definition) is 2.